The maximum absolute atomic E-state index is 11.8. The number of benzene rings is 1. The number of hydrogen-bond acceptors (Lipinski definition) is 2. The molecule has 0 aliphatic heterocycles. The first-order valence-electron chi connectivity index (χ1n) is 5.50. The van der Waals surface area contributed by atoms with Crippen LogP contribution in [0.5, 0.6) is 0 Å². The Morgan fingerprint density at radius 3 is 2.62 bits per heavy atom. The van der Waals surface area contributed by atoms with Gasteiger partial charge in [-0.25, -0.2) is 0 Å². The van der Waals surface area contributed by atoms with Crippen LogP contribution in [-0.2, 0) is 11.2 Å². The molecule has 0 saturated carbocycles. The van der Waals surface area contributed by atoms with Crippen LogP contribution in [0.3, 0.4) is 0 Å². The smallest absolute Gasteiger partial charge is 0.160 e. The van der Waals surface area contributed by atoms with Crippen LogP contribution in [0.2, 0.25) is 0 Å². The molecule has 0 spiro atoms. The fraction of sp³-hybridized carbons (Fsp3) is 0.286. The van der Waals surface area contributed by atoms with Crippen molar-refractivity contribution in [3.05, 3.63) is 47.0 Å². The van der Waals surface area contributed by atoms with E-state index in [0.29, 0.717) is 18.4 Å². The molecule has 0 atom stereocenters. The summed E-state index contributed by atoms with van der Waals surface area (Å²) in [5, 5.41) is 9.00. The van der Waals surface area contributed by atoms with E-state index in [-0.39, 0.29) is 5.78 Å². The van der Waals surface area contributed by atoms with Crippen LogP contribution in [0, 0.1) is 11.3 Å². The second-order valence-electron chi connectivity index (χ2n) is 4.01. The summed E-state index contributed by atoms with van der Waals surface area (Å²) in [5.74, 6) is 0.145. The monoisotopic (exact) mass is 211 g/mol. The first kappa shape index (κ1) is 10.6. The number of carbonyl (C=O) groups excluding carboxylic acids is 1. The largest absolute Gasteiger partial charge is 0.295 e. The van der Waals surface area contributed by atoms with Crippen LogP contribution < -0.4 is 0 Å². The molecular weight excluding hydrogens is 198 g/mol. The summed E-state index contributed by atoms with van der Waals surface area (Å²) in [6.07, 6.45) is 2.76. The highest BCUT2D eigenvalue weighted by Gasteiger charge is 2.20. The second kappa shape index (κ2) is 4.76. The maximum atomic E-state index is 11.8. The van der Waals surface area contributed by atoms with Crippen molar-refractivity contribution in [2.45, 2.75) is 25.7 Å². The lowest BCUT2D eigenvalue weighted by Gasteiger charge is -2.14. The third kappa shape index (κ3) is 2.20. The van der Waals surface area contributed by atoms with Crippen molar-refractivity contribution in [3.63, 3.8) is 0 Å². The lowest BCUT2D eigenvalue weighted by atomic mass is 9.87. The Labute approximate surface area is 95.2 Å². The topological polar surface area (TPSA) is 40.9 Å². The lowest BCUT2D eigenvalue weighted by molar-refractivity contribution is -0.116. The SMILES string of the molecule is N#CC1=C(Cc2ccccc2)C(=O)CCC1. The number of nitrogens with zero attached hydrogens (tertiary/aromatic N) is 1. The van der Waals surface area contributed by atoms with Crippen molar-refractivity contribution in [2.24, 2.45) is 0 Å². The van der Waals surface area contributed by atoms with Crippen molar-refractivity contribution in [2.75, 3.05) is 0 Å². The number of ketones is 1. The summed E-state index contributed by atoms with van der Waals surface area (Å²) >= 11 is 0. The van der Waals surface area contributed by atoms with E-state index in [1.54, 1.807) is 0 Å². The maximum Gasteiger partial charge on any atom is 0.160 e. The molecular formula is C14H13NO. The predicted octanol–water partition coefficient (Wildman–Crippen LogP) is 2.80. The molecule has 1 aliphatic carbocycles. The summed E-state index contributed by atoms with van der Waals surface area (Å²) < 4.78 is 0. The fourth-order valence-electron chi connectivity index (χ4n) is 2.02. The van der Waals surface area contributed by atoms with Gasteiger partial charge in [-0.05, 0) is 18.4 Å². The Balaban J connectivity index is 2.28. The Hall–Kier alpha value is -1.88. The van der Waals surface area contributed by atoms with Crippen LogP contribution >= 0.6 is 0 Å². The Morgan fingerprint density at radius 2 is 1.94 bits per heavy atom. The summed E-state index contributed by atoms with van der Waals surface area (Å²) in [6, 6.07) is 12.0. The van der Waals surface area contributed by atoms with Gasteiger partial charge in [0.2, 0.25) is 0 Å². The molecule has 0 amide bonds. The van der Waals surface area contributed by atoms with Crippen molar-refractivity contribution < 1.29 is 4.79 Å². The molecule has 0 saturated heterocycles. The van der Waals surface area contributed by atoms with E-state index in [4.69, 9.17) is 5.26 Å². The Morgan fingerprint density at radius 1 is 1.19 bits per heavy atom. The zero-order chi connectivity index (χ0) is 11.4. The number of Topliss-reactive ketones (excluding diaryl/α,β-unsaturated/α-hetero) is 1. The molecule has 80 valence electrons. The highest BCUT2D eigenvalue weighted by atomic mass is 16.1. The zero-order valence-corrected chi connectivity index (χ0v) is 9.07. The van der Waals surface area contributed by atoms with Crippen LogP contribution in [0.25, 0.3) is 0 Å². The van der Waals surface area contributed by atoms with Gasteiger partial charge in [-0.15, -0.1) is 0 Å². The summed E-state index contributed by atoms with van der Waals surface area (Å²) in [5.41, 5.74) is 2.50. The Kier molecular flexibility index (Phi) is 3.16. The zero-order valence-electron chi connectivity index (χ0n) is 9.07. The minimum Gasteiger partial charge on any atom is -0.295 e. The Bertz CT molecular complexity index is 465. The minimum atomic E-state index is 0.145. The van der Waals surface area contributed by atoms with Crippen molar-refractivity contribution in [1.82, 2.24) is 0 Å². The van der Waals surface area contributed by atoms with E-state index < -0.39 is 0 Å². The molecule has 2 nitrogen and oxygen atoms in total. The molecule has 0 aromatic heterocycles. The van der Waals surface area contributed by atoms with Crippen molar-refractivity contribution in [1.29, 1.82) is 5.26 Å². The molecule has 2 rings (SSSR count). The number of allylic oxidation sites excluding steroid dienone is 2. The number of hydrogen-bond donors (Lipinski definition) is 0. The molecule has 16 heavy (non-hydrogen) atoms. The fourth-order valence-corrected chi connectivity index (χ4v) is 2.02. The van der Waals surface area contributed by atoms with Crippen LogP contribution in [0.1, 0.15) is 24.8 Å². The van der Waals surface area contributed by atoms with E-state index in [1.165, 1.54) is 0 Å². The number of carbonyl (C=O) groups is 1. The van der Waals surface area contributed by atoms with Gasteiger partial charge in [0.1, 0.15) is 0 Å². The summed E-state index contributed by atoms with van der Waals surface area (Å²) in [4.78, 5) is 11.8. The van der Waals surface area contributed by atoms with Gasteiger partial charge >= 0.3 is 0 Å². The van der Waals surface area contributed by atoms with Crippen LogP contribution in [-0.4, -0.2) is 5.78 Å². The molecule has 1 aromatic carbocycles. The molecule has 0 N–H and O–H groups in total. The van der Waals surface area contributed by atoms with Gasteiger partial charge in [-0.2, -0.15) is 5.26 Å². The van der Waals surface area contributed by atoms with Gasteiger partial charge < -0.3 is 0 Å². The molecule has 0 bridgehead atoms. The molecule has 0 radical (unpaired) electrons. The quantitative estimate of drug-likeness (QED) is 0.754. The predicted molar refractivity (Wildman–Crippen MR) is 61.6 cm³/mol. The van der Waals surface area contributed by atoms with Gasteiger partial charge in [-0.3, -0.25) is 4.79 Å². The average molecular weight is 211 g/mol. The average Bonchev–Trinajstić information content (AvgIpc) is 2.33. The standard InChI is InChI=1S/C14H13NO/c15-10-12-7-4-8-14(16)13(12)9-11-5-2-1-3-6-11/h1-3,5-6H,4,7-9H2. The third-order valence-corrected chi connectivity index (χ3v) is 2.89. The van der Waals surface area contributed by atoms with E-state index in [0.717, 1.165) is 24.0 Å². The normalized spacial score (nSPS) is 16.1. The summed E-state index contributed by atoms with van der Waals surface area (Å²) in [7, 11) is 0. The van der Waals surface area contributed by atoms with E-state index in [2.05, 4.69) is 6.07 Å². The van der Waals surface area contributed by atoms with Crippen LogP contribution in [0.15, 0.2) is 41.5 Å². The molecule has 0 fully saturated rings. The highest BCUT2D eigenvalue weighted by molar-refractivity contribution is 5.98. The van der Waals surface area contributed by atoms with Crippen LogP contribution in [0.4, 0.5) is 0 Å². The van der Waals surface area contributed by atoms with E-state index in [9.17, 15) is 4.79 Å². The molecule has 2 heteroatoms. The van der Waals surface area contributed by atoms with Gasteiger partial charge in [0.05, 0.1) is 6.07 Å². The molecule has 0 unspecified atom stereocenters. The minimum absolute atomic E-state index is 0.145. The van der Waals surface area contributed by atoms with Gasteiger partial charge in [0.15, 0.2) is 5.78 Å². The van der Waals surface area contributed by atoms with Gasteiger partial charge in [0.25, 0.3) is 0 Å². The number of nitriles is 1. The van der Waals surface area contributed by atoms with Crippen molar-refractivity contribution in [3.8, 4) is 6.07 Å². The molecule has 1 aromatic rings. The van der Waals surface area contributed by atoms with E-state index >= 15 is 0 Å². The molecule has 1 aliphatic rings. The third-order valence-electron chi connectivity index (χ3n) is 2.89. The lowest BCUT2D eigenvalue weighted by Crippen LogP contribution is -2.13. The van der Waals surface area contributed by atoms with Gasteiger partial charge in [-0.1, -0.05) is 30.3 Å². The molecule has 0 heterocycles. The first-order chi connectivity index (χ1) is 7.81. The second-order valence-corrected chi connectivity index (χ2v) is 4.01. The van der Waals surface area contributed by atoms with E-state index in [1.807, 2.05) is 30.3 Å². The summed E-state index contributed by atoms with van der Waals surface area (Å²) in [6.45, 7) is 0. The first-order valence-corrected chi connectivity index (χ1v) is 5.50. The highest BCUT2D eigenvalue weighted by Crippen LogP contribution is 2.24. The number of rotatable bonds is 2. The van der Waals surface area contributed by atoms with Gasteiger partial charge in [0, 0.05) is 24.0 Å². The van der Waals surface area contributed by atoms with Crippen molar-refractivity contribution >= 4 is 5.78 Å².